The van der Waals surface area contributed by atoms with Gasteiger partial charge < -0.3 is 5.32 Å². The maximum Gasteiger partial charge on any atom is 0.441 e. The highest BCUT2D eigenvalue weighted by Gasteiger charge is 2.42. The first-order valence-corrected chi connectivity index (χ1v) is 8.62. The molecule has 136 valence electrons. The van der Waals surface area contributed by atoms with Crippen LogP contribution in [0.2, 0.25) is 0 Å². The van der Waals surface area contributed by atoms with Crippen LogP contribution in [0.4, 0.5) is 13.2 Å². The van der Waals surface area contributed by atoms with Gasteiger partial charge in [-0.05, 0) is 43.6 Å². The average Bonchev–Trinajstić information content (AvgIpc) is 3.18. The van der Waals surface area contributed by atoms with E-state index >= 15 is 0 Å². The highest BCUT2D eigenvalue weighted by atomic mass is 19.4. The number of hydrogen-bond acceptors (Lipinski definition) is 5. The van der Waals surface area contributed by atoms with E-state index in [2.05, 4.69) is 15.5 Å². The van der Waals surface area contributed by atoms with Gasteiger partial charge in [0.2, 0.25) is 5.82 Å². The normalized spacial score (nSPS) is 24.8. The molecular weight excluding hydrogens is 337 g/mol. The third-order valence-corrected chi connectivity index (χ3v) is 5.07. The van der Waals surface area contributed by atoms with Gasteiger partial charge >= 0.3 is 11.9 Å². The van der Waals surface area contributed by atoms with Crippen LogP contribution in [0.15, 0.2) is 26.1 Å². The van der Waals surface area contributed by atoms with Crippen LogP contribution in [0, 0.1) is 11.8 Å². The van der Waals surface area contributed by atoms with Crippen LogP contribution in [-0.2, 0) is 6.54 Å². The summed E-state index contributed by atoms with van der Waals surface area (Å²) in [6.07, 6.45) is 1.66. The second-order valence-electron chi connectivity index (χ2n) is 7.03. The summed E-state index contributed by atoms with van der Waals surface area (Å²) in [5, 5.41) is 6.17. The van der Waals surface area contributed by atoms with Crippen molar-refractivity contribution in [3.05, 3.63) is 28.1 Å². The number of aliphatic imine (C=N–C) groups is 1. The molecule has 2 fully saturated rings. The molecule has 0 amide bonds. The molecule has 9 heteroatoms. The van der Waals surface area contributed by atoms with Gasteiger partial charge in [0, 0.05) is 6.54 Å². The lowest BCUT2D eigenvalue weighted by Crippen LogP contribution is -2.40. The van der Waals surface area contributed by atoms with Crippen LogP contribution in [0.25, 0.3) is 0 Å². The third kappa shape index (κ3) is 3.36. The van der Waals surface area contributed by atoms with E-state index in [1.54, 1.807) is 0 Å². The first-order valence-electron chi connectivity index (χ1n) is 8.62. The van der Waals surface area contributed by atoms with Gasteiger partial charge in [-0.15, -0.1) is 0 Å². The predicted molar refractivity (Wildman–Crippen MR) is 83.0 cm³/mol. The van der Waals surface area contributed by atoms with Crippen LogP contribution in [-0.4, -0.2) is 27.8 Å². The van der Waals surface area contributed by atoms with Gasteiger partial charge in [0.05, 0.1) is 0 Å². The van der Waals surface area contributed by atoms with Crippen LogP contribution >= 0.6 is 0 Å². The van der Waals surface area contributed by atoms with Crippen molar-refractivity contribution in [2.45, 2.75) is 57.4 Å². The zero-order valence-corrected chi connectivity index (χ0v) is 13.6. The molecular formula is C16H19F3N4O2. The molecule has 1 N–H and O–H groups in total. The monoisotopic (exact) mass is 356 g/mol. The molecule has 0 spiro atoms. The zero-order chi connectivity index (χ0) is 17.6. The molecule has 0 bridgehead atoms. The minimum absolute atomic E-state index is 0.0619. The van der Waals surface area contributed by atoms with E-state index in [1.807, 2.05) is 0 Å². The van der Waals surface area contributed by atoms with E-state index in [-0.39, 0.29) is 17.5 Å². The van der Waals surface area contributed by atoms with Gasteiger partial charge in [-0.1, -0.05) is 18.0 Å². The molecule has 1 aromatic rings. The molecule has 0 aromatic carbocycles. The average molecular weight is 356 g/mol. The number of halogens is 3. The van der Waals surface area contributed by atoms with Crippen LogP contribution < -0.4 is 11.1 Å². The Morgan fingerprint density at radius 3 is 2.60 bits per heavy atom. The van der Waals surface area contributed by atoms with E-state index in [9.17, 15) is 18.0 Å². The maximum absolute atomic E-state index is 13.2. The minimum Gasteiger partial charge on any atom is -0.359 e. The van der Waals surface area contributed by atoms with Crippen LogP contribution in [0.1, 0.15) is 44.3 Å². The SMILES string of the molecule is O=c1onc(C2=NC(C3CC3)NC(C(F)(F)F)=C2)n1CC1CCCC1. The molecule has 1 atom stereocenters. The van der Waals surface area contributed by atoms with Gasteiger partial charge in [0.1, 0.15) is 17.6 Å². The summed E-state index contributed by atoms with van der Waals surface area (Å²) in [6, 6.07) is 0. The Balaban J connectivity index is 1.69. The van der Waals surface area contributed by atoms with E-state index in [1.165, 1.54) is 4.57 Å². The maximum atomic E-state index is 13.2. The van der Waals surface area contributed by atoms with Crippen molar-refractivity contribution >= 4 is 5.71 Å². The first-order chi connectivity index (χ1) is 11.9. The molecule has 1 unspecified atom stereocenters. The van der Waals surface area contributed by atoms with E-state index in [4.69, 9.17) is 4.52 Å². The van der Waals surface area contributed by atoms with Gasteiger partial charge in [0.25, 0.3) is 0 Å². The number of allylic oxidation sites excluding steroid dienone is 2. The molecule has 1 aliphatic heterocycles. The summed E-state index contributed by atoms with van der Waals surface area (Å²) in [4.78, 5) is 16.4. The standard InChI is InChI=1S/C16H19F3N4O2/c17-16(18,19)12-7-11(20-13(21-12)10-5-6-10)14-22-25-15(24)23(14)8-9-3-1-2-4-9/h7,9-10,13,21H,1-6,8H2. The Kier molecular flexibility index (Phi) is 3.96. The third-order valence-electron chi connectivity index (χ3n) is 5.07. The van der Waals surface area contributed by atoms with Crippen molar-refractivity contribution in [2.75, 3.05) is 0 Å². The topological polar surface area (TPSA) is 72.4 Å². The van der Waals surface area contributed by atoms with Crippen molar-refractivity contribution in [2.24, 2.45) is 16.8 Å². The Morgan fingerprint density at radius 2 is 1.96 bits per heavy atom. The van der Waals surface area contributed by atoms with Crippen molar-refractivity contribution in [1.29, 1.82) is 0 Å². The van der Waals surface area contributed by atoms with Crippen molar-refractivity contribution in [1.82, 2.24) is 15.0 Å². The molecule has 2 heterocycles. The fourth-order valence-corrected chi connectivity index (χ4v) is 3.54. The molecule has 2 saturated carbocycles. The van der Waals surface area contributed by atoms with E-state index < -0.39 is 23.8 Å². The van der Waals surface area contributed by atoms with Crippen molar-refractivity contribution < 1.29 is 17.7 Å². The summed E-state index contributed by atoms with van der Waals surface area (Å²) in [5.74, 6) is -0.148. The number of alkyl halides is 3. The fraction of sp³-hybridized carbons (Fsp3) is 0.688. The van der Waals surface area contributed by atoms with Gasteiger partial charge in [-0.2, -0.15) is 13.2 Å². The quantitative estimate of drug-likeness (QED) is 0.900. The second-order valence-corrected chi connectivity index (χ2v) is 7.03. The van der Waals surface area contributed by atoms with Crippen LogP contribution in [0.5, 0.6) is 0 Å². The molecule has 25 heavy (non-hydrogen) atoms. The number of aromatic nitrogens is 2. The number of nitrogens with zero attached hydrogens (tertiary/aromatic N) is 3. The van der Waals surface area contributed by atoms with Gasteiger partial charge in [0.15, 0.2) is 0 Å². The smallest absolute Gasteiger partial charge is 0.359 e. The second kappa shape index (κ2) is 6.03. The highest BCUT2D eigenvalue weighted by Crippen LogP contribution is 2.37. The Labute approximate surface area is 141 Å². The summed E-state index contributed by atoms with van der Waals surface area (Å²) < 4.78 is 45.7. The lowest BCUT2D eigenvalue weighted by Gasteiger charge is -2.24. The van der Waals surface area contributed by atoms with E-state index in [0.717, 1.165) is 44.6 Å². The Bertz CT molecular complexity index is 767. The predicted octanol–water partition coefficient (Wildman–Crippen LogP) is 2.60. The summed E-state index contributed by atoms with van der Waals surface area (Å²) in [5.41, 5.74) is -0.788. The Hall–Kier alpha value is -2.06. The summed E-state index contributed by atoms with van der Waals surface area (Å²) >= 11 is 0. The number of nitrogens with one attached hydrogen (secondary N) is 1. The van der Waals surface area contributed by atoms with Crippen LogP contribution in [0.3, 0.4) is 0 Å². The lowest BCUT2D eigenvalue weighted by atomic mass is 10.1. The molecule has 0 radical (unpaired) electrons. The lowest BCUT2D eigenvalue weighted by molar-refractivity contribution is -0.0980. The molecule has 4 rings (SSSR count). The van der Waals surface area contributed by atoms with Crippen molar-refractivity contribution in [3.63, 3.8) is 0 Å². The van der Waals surface area contributed by atoms with E-state index in [0.29, 0.717) is 12.5 Å². The largest absolute Gasteiger partial charge is 0.441 e. The van der Waals surface area contributed by atoms with Crippen molar-refractivity contribution in [3.8, 4) is 0 Å². The zero-order valence-electron chi connectivity index (χ0n) is 13.6. The molecule has 2 aliphatic carbocycles. The first kappa shape index (κ1) is 16.4. The number of rotatable bonds is 4. The summed E-state index contributed by atoms with van der Waals surface area (Å²) in [7, 11) is 0. The van der Waals surface area contributed by atoms with Gasteiger partial charge in [-0.3, -0.25) is 14.1 Å². The fourth-order valence-electron chi connectivity index (χ4n) is 3.54. The van der Waals surface area contributed by atoms with Gasteiger partial charge in [-0.25, -0.2) is 4.79 Å². The molecule has 6 nitrogen and oxygen atoms in total. The molecule has 3 aliphatic rings. The minimum atomic E-state index is -4.51. The number of hydrogen-bond donors (Lipinski definition) is 1. The molecule has 1 aromatic heterocycles. The Morgan fingerprint density at radius 1 is 1.24 bits per heavy atom. The highest BCUT2D eigenvalue weighted by molar-refractivity contribution is 6.07. The molecule has 0 saturated heterocycles. The summed E-state index contributed by atoms with van der Waals surface area (Å²) in [6.45, 7) is 0.410.